The Hall–Kier alpha value is -1.16. The first-order valence-electron chi connectivity index (χ1n) is 9.12. The summed E-state index contributed by atoms with van der Waals surface area (Å²) in [5, 5.41) is 2.39. The highest BCUT2D eigenvalue weighted by molar-refractivity contribution is 7.10. The third kappa shape index (κ3) is 2.15. The predicted molar refractivity (Wildman–Crippen MR) is 96.7 cm³/mol. The Balaban J connectivity index is 1.55. The molecule has 3 aliphatic rings. The number of thiophene rings is 1. The van der Waals surface area contributed by atoms with Crippen LogP contribution in [-0.4, -0.2) is 19.0 Å². The topological polar surface area (TPSA) is 18.5 Å². The van der Waals surface area contributed by atoms with Crippen LogP contribution in [0.15, 0.2) is 35.7 Å². The zero-order chi connectivity index (χ0) is 16.2. The van der Waals surface area contributed by atoms with E-state index in [1.807, 2.05) is 11.3 Å². The summed E-state index contributed by atoms with van der Waals surface area (Å²) in [6, 6.07) is 11.5. The Labute approximate surface area is 147 Å². The number of aryl methyl sites for hydroxylation is 1. The van der Waals surface area contributed by atoms with Crippen LogP contribution >= 0.6 is 11.3 Å². The van der Waals surface area contributed by atoms with Crippen LogP contribution < -0.4 is 0 Å². The van der Waals surface area contributed by atoms with E-state index in [0.29, 0.717) is 5.92 Å². The van der Waals surface area contributed by atoms with E-state index < -0.39 is 0 Å². The minimum atomic E-state index is -0.280. The van der Waals surface area contributed by atoms with Crippen molar-refractivity contribution in [2.45, 2.75) is 56.1 Å². The van der Waals surface area contributed by atoms with Crippen LogP contribution in [0.2, 0.25) is 0 Å². The maximum Gasteiger partial charge on any atom is 0.168 e. The molecule has 2 aromatic rings. The van der Waals surface area contributed by atoms with Crippen molar-refractivity contribution in [1.82, 2.24) is 0 Å². The van der Waals surface area contributed by atoms with Crippen molar-refractivity contribution in [1.29, 1.82) is 0 Å². The van der Waals surface area contributed by atoms with E-state index in [2.05, 4.69) is 42.6 Å². The van der Waals surface area contributed by atoms with Crippen LogP contribution in [-0.2, 0) is 21.3 Å². The van der Waals surface area contributed by atoms with Crippen LogP contribution in [0.25, 0.3) is 0 Å². The lowest BCUT2D eigenvalue weighted by atomic mass is 9.62. The molecule has 5 rings (SSSR count). The van der Waals surface area contributed by atoms with Crippen molar-refractivity contribution in [3.05, 3.63) is 57.3 Å². The third-order valence-electron chi connectivity index (χ3n) is 6.52. The summed E-state index contributed by atoms with van der Waals surface area (Å²) in [4.78, 5) is 1.42. The molecule has 2 nitrogen and oxygen atoms in total. The van der Waals surface area contributed by atoms with Gasteiger partial charge < -0.3 is 9.47 Å². The maximum absolute atomic E-state index is 6.00. The molecule has 1 aromatic carbocycles. The van der Waals surface area contributed by atoms with Crippen molar-refractivity contribution in [3.8, 4) is 0 Å². The number of benzene rings is 1. The molecule has 3 heteroatoms. The van der Waals surface area contributed by atoms with Gasteiger partial charge in [-0.25, -0.2) is 0 Å². The molecule has 0 amide bonds. The lowest BCUT2D eigenvalue weighted by molar-refractivity contribution is -0.186. The van der Waals surface area contributed by atoms with Crippen LogP contribution in [0, 0.1) is 6.92 Å². The monoisotopic (exact) mass is 340 g/mol. The summed E-state index contributed by atoms with van der Waals surface area (Å²) < 4.78 is 12.0. The van der Waals surface area contributed by atoms with Gasteiger partial charge in [0.1, 0.15) is 0 Å². The highest BCUT2D eigenvalue weighted by atomic mass is 32.1. The molecule has 1 aliphatic heterocycles. The standard InChI is InChI=1S/C21H24O2S/c1-15-12-17(14-24-15)19-13-16-4-2-3-5-18(16)20(19)6-8-21(9-7-20)22-10-11-23-21/h2-5,12,14,19H,6-11,13H2,1H3. The van der Waals surface area contributed by atoms with Crippen molar-refractivity contribution < 1.29 is 9.47 Å². The average Bonchev–Trinajstić information content (AvgIpc) is 3.30. The fourth-order valence-electron chi connectivity index (χ4n) is 5.35. The van der Waals surface area contributed by atoms with E-state index in [4.69, 9.17) is 9.47 Å². The van der Waals surface area contributed by atoms with Gasteiger partial charge in [0, 0.05) is 23.1 Å². The van der Waals surface area contributed by atoms with Gasteiger partial charge in [0.25, 0.3) is 0 Å². The van der Waals surface area contributed by atoms with E-state index in [0.717, 1.165) is 26.1 Å². The Morgan fingerprint density at radius 3 is 2.50 bits per heavy atom. The van der Waals surface area contributed by atoms with E-state index in [9.17, 15) is 0 Å². The second kappa shape index (κ2) is 5.42. The van der Waals surface area contributed by atoms with Gasteiger partial charge >= 0.3 is 0 Å². The molecular weight excluding hydrogens is 316 g/mol. The van der Waals surface area contributed by atoms with E-state index in [1.165, 1.54) is 29.7 Å². The third-order valence-corrected chi connectivity index (χ3v) is 7.40. The molecule has 1 saturated heterocycles. The zero-order valence-electron chi connectivity index (χ0n) is 14.2. The first-order valence-corrected chi connectivity index (χ1v) is 10.0. The molecular formula is C21H24O2S. The highest BCUT2D eigenvalue weighted by Gasteiger charge is 2.53. The summed E-state index contributed by atoms with van der Waals surface area (Å²) in [6.45, 7) is 3.74. The minimum Gasteiger partial charge on any atom is -0.348 e. The number of hydrogen-bond acceptors (Lipinski definition) is 3. The van der Waals surface area contributed by atoms with Crippen molar-refractivity contribution in [2.75, 3.05) is 13.2 Å². The predicted octanol–water partition coefficient (Wildman–Crippen LogP) is 4.95. The molecule has 126 valence electrons. The summed E-state index contributed by atoms with van der Waals surface area (Å²) in [6.07, 6.45) is 5.58. The SMILES string of the molecule is Cc1cc(C2Cc3ccccc3C23CCC2(CC3)OCCO2)cs1. The smallest absolute Gasteiger partial charge is 0.168 e. The number of hydrogen-bond donors (Lipinski definition) is 0. The maximum atomic E-state index is 6.00. The quantitative estimate of drug-likeness (QED) is 0.731. The molecule has 2 heterocycles. The van der Waals surface area contributed by atoms with Gasteiger partial charge in [-0.15, -0.1) is 11.3 Å². The summed E-state index contributed by atoms with van der Waals surface area (Å²) in [5.74, 6) is 0.330. The van der Waals surface area contributed by atoms with E-state index >= 15 is 0 Å². The summed E-state index contributed by atoms with van der Waals surface area (Å²) in [5.41, 5.74) is 4.95. The number of fused-ring (bicyclic) bond motifs is 2. The van der Waals surface area contributed by atoms with E-state index in [-0.39, 0.29) is 11.2 Å². The van der Waals surface area contributed by atoms with Gasteiger partial charge in [0.05, 0.1) is 13.2 Å². The highest BCUT2D eigenvalue weighted by Crippen LogP contribution is 2.58. The molecule has 0 radical (unpaired) electrons. The van der Waals surface area contributed by atoms with Crippen LogP contribution in [0.4, 0.5) is 0 Å². The number of ether oxygens (including phenoxy) is 2. The molecule has 24 heavy (non-hydrogen) atoms. The molecule has 1 aromatic heterocycles. The van der Waals surface area contributed by atoms with Gasteiger partial charge in [0.15, 0.2) is 5.79 Å². The molecule has 0 bridgehead atoms. The second-order valence-electron chi connectivity index (χ2n) is 7.67. The first kappa shape index (κ1) is 15.1. The normalized spacial score (nSPS) is 27.0. The molecule has 0 N–H and O–H groups in total. The van der Waals surface area contributed by atoms with Gasteiger partial charge in [0.2, 0.25) is 0 Å². The first-order chi connectivity index (χ1) is 11.7. The summed E-state index contributed by atoms with van der Waals surface area (Å²) >= 11 is 1.89. The van der Waals surface area contributed by atoms with Crippen molar-refractivity contribution in [2.24, 2.45) is 0 Å². The second-order valence-corrected chi connectivity index (χ2v) is 8.78. The molecule has 2 aliphatic carbocycles. The lowest BCUT2D eigenvalue weighted by Gasteiger charge is -2.45. The zero-order valence-corrected chi connectivity index (χ0v) is 15.0. The minimum absolute atomic E-state index is 0.269. The van der Waals surface area contributed by atoms with Gasteiger partial charge in [-0.2, -0.15) is 0 Å². The molecule has 2 fully saturated rings. The number of rotatable bonds is 1. The molecule has 1 saturated carbocycles. The Kier molecular flexibility index (Phi) is 3.41. The Morgan fingerprint density at radius 2 is 1.79 bits per heavy atom. The average molecular weight is 340 g/mol. The fraction of sp³-hybridized carbons (Fsp3) is 0.524. The Morgan fingerprint density at radius 1 is 1.04 bits per heavy atom. The van der Waals surface area contributed by atoms with Crippen LogP contribution in [0.5, 0.6) is 0 Å². The lowest BCUT2D eigenvalue weighted by Crippen LogP contribution is -2.43. The fourth-order valence-corrected chi connectivity index (χ4v) is 6.11. The van der Waals surface area contributed by atoms with Crippen molar-refractivity contribution >= 4 is 11.3 Å². The van der Waals surface area contributed by atoms with Crippen LogP contribution in [0.1, 0.15) is 53.2 Å². The van der Waals surface area contributed by atoms with Gasteiger partial charge in [-0.3, -0.25) is 0 Å². The molecule has 2 spiro atoms. The van der Waals surface area contributed by atoms with Gasteiger partial charge in [-0.1, -0.05) is 24.3 Å². The Bertz CT molecular complexity index is 747. The van der Waals surface area contributed by atoms with Crippen molar-refractivity contribution in [3.63, 3.8) is 0 Å². The summed E-state index contributed by atoms with van der Waals surface area (Å²) in [7, 11) is 0. The van der Waals surface area contributed by atoms with Gasteiger partial charge in [-0.05, 0) is 60.2 Å². The largest absolute Gasteiger partial charge is 0.348 e. The van der Waals surface area contributed by atoms with Crippen LogP contribution in [0.3, 0.4) is 0 Å². The molecule has 1 atom stereocenters. The molecule has 1 unspecified atom stereocenters. The van der Waals surface area contributed by atoms with E-state index in [1.54, 1.807) is 11.1 Å².